The Morgan fingerprint density at radius 2 is 1.77 bits per heavy atom. The number of aliphatic hydroxyl groups excluding tert-OH is 1. The van der Waals surface area contributed by atoms with E-state index < -0.39 is 35.5 Å². The summed E-state index contributed by atoms with van der Waals surface area (Å²) in [7, 11) is 0. The van der Waals surface area contributed by atoms with E-state index in [1.54, 1.807) is 11.3 Å². The number of carbonyl (C=O) groups is 4. The summed E-state index contributed by atoms with van der Waals surface area (Å²) in [5.41, 5.74) is 4.10. The largest absolute Gasteiger partial charge is 0.481 e. The Hall–Kier alpha value is -3.31. The average molecular weight is 573 g/mol. The summed E-state index contributed by atoms with van der Waals surface area (Å²) in [5, 5.41) is 24.8. The number of carbonyl (C=O) groups excluding carboxylic acids is 3. The van der Waals surface area contributed by atoms with Crippen molar-refractivity contribution >= 4 is 35.0 Å². The lowest BCUT2D eigenvalue weighted by atomic mass is 9.85. The topological polar surface area (TPSA) is 149 Å². The van der Waals surface area contributed by atoms with Crippen LogP contribution in [0.25, 0.3) is 10.4 Å². The SMILES string of the molecule is Cc1ncsc1-c1ccc(CNC(=O)C2CC(O)CN2C(=O)C(NC(=O)CCCCCC(=O)O)C(C)(C)C)cc1. The van der Waals surface area contributed by atoms with Gasteiger partial charge in [0, 0.05) is 32.4 Å². The van der Waals surface area contributed by atoms with Crippen molar-refractivity contribution in [2.75, 3.05) is 6.54 Å². The first-order valence-electron chi connectivity index (χ1n) is 13.6. The first-order chi connectivity index (χ1) is 18.9. The number of carboxylic acids is 1. The van der Waals surface area contributed by atoms with Crippen LogP contribution in [0.3, 0.4) is 0 Å². The zero-order valence-corrected chi connectivity index (χ0v) is 24.4. The highest BCUT2D eigenvalue weighted by Crippen LogP contribution is 2.28. The van der Waals surface area contributed by atoms with Crippen molar-refractivity contribution in [1.82, 2.24) is 20.5 Å². The molecule has 1 aromatic carbocycles. The molecule has 218 valence electrons. The van der Waals surface area contributed by atoms with Gasteiger partial charge >= 0.3 is 5.97 Å². The number of rotatable bonds is 12. The maximum absolute atomic E-state index is 13.6. The van der Waals surface area contributed by atoms with Crippen molar-refractivity contribution in [3.05, 3.63) is 41.0 Å². The number of aliphatic hydroxyl groups is 1. The first-order valence-corrected chi connectivity index (χ1v) is 14.5. The number of amides is 3. The van der Waals surface area contributed by atoms with Gasteiger partial charge in [-0.2, -0.15) is 0 Å². The van der Waals surface area contributed by atoms with Gasteiger partial charge in [0.15, 0.2) is 0 Å². The third-order valence-corrected chi connectivity index (χ3v) is 7.98. The van der Waals surface area contributed by atoms with Gasteiger partial charge in [-0.05, 0) is 36.3 Å². The quantitative estimate of drug-likeness (QED) is 0.285. The molecular weight excluding hydrogens is 532 g/mol. The highest BCUT2D eigenvalue weighted by atomic mass is 32.1. The Morgan fingerprint density at radius 3 is 2.38 bits per heavy atom. The third kappa shape index (κ3) is 8.59. The molecule has 2 aromatic rings. The van der Waals surface area contributed by atoms with Crippen molar-refractivity contribution in [2.24, 2.45) is 5.41 Å². The van der Waals surface area contributed by atoms with Gasteiger partial charge in [0.2, 0.25) is 17.7 Å². The van der Waals surface area contributed by atoms with Gasteiger partial charge in [0.25, 0.3) is 0 Å². The fourth-order valence-electron chi connectivity index (χ4n) is 4.75. The third-order valence-electron chi connectivity index (χ3n) is 7.01. The zero-order chi connectivity index (χ0) is 29.4. The Morgan fingerprint density at radius 1 is 1.10 bits per heavy atom. The number of benzene rings is 1. The van der Waals surface area contributed by atoms with E-state index in [1.807, 2.05) is 57.5 Å². The van der Waals surface area contributed by atoms with Crippen molar-refractivity contribution < 1.29 is 29.4 Å². The molecule has 4 N–H and O–H groups in total. The first kappa shape index (κ1) is 31.2. The lowest BCUT2D eigenvalue weighted by Gasteiger charge is -2.35. The molecule has 0 radical (unpaired) electrons. The minimum atomic E-state index is -0.887. The molecule has 0 spiro atoms. The number of unbranched alkanes of at least 4 members (excludes halogenated alkanes) is 2. The Labute approximate surface area is 239 Å². The van der Waals surface area contributed by atoms with Crippen molar-refractivity contribution in [1.29, 1.82) is 0 Å². The van der Waals surface area contributed by atoms with Gasteiger partial charge in [0.1, 0.15) is 12.1 Å². The fourth-order valence-corrected chi connectivity index (χ4v) is 5.56. The number of hydrogen-bond donors (Lipinski definition) is 4. The molecule has 1 aliphatic rings. The van der Waals surface area contributed by atoms with Gasteiger partial charge < -0.3 is 25.7 Å². The standard InChI is InChI=1S/C29H40N4O6S/c1-18-25(40-17-31-18)20-12-10-19(11-13-20)15-30-27(38)22-14-21(34)16-33(22)28(39)26(29(2,3)4)32-23(35)8-6-5-7-9-24(36)37/h10-13,17,21-22,26,34H,5-9,14-16H2,1-4H3,(H,30,38)(H,32,35)(H,36,37). The summed E-state index contributed by atoms with van der Waals surface area (Å²) >= 11 is 1.57. The molecule has 1 fully saturated rings. The second-order valence-corrected chi connectivity index (χ2v) is 12.3. The van der Waals surface area contributed by atoms with E-state index in [4.69, 9.17) is 5.11 Å². The molecular formula is C29H40N4O6S. The second kappa shape index (κ2) is 13.8. The van der Waals surface area contributed by atoms with Crippen molar-refractivity contribution in [2.45, 2.75) is 91.0 Å². The van der Waals surface area contributed by atoms with Gasteiger partial charge in [-0.3, -0.25) is 19.2 Å². The van der Waals surface area contributed by atoms with E-state index >= 15 is 0 Å². The highest BCUT2D eigenvalue weighted by molar-refractivity contribution is 7.13. The van der Waals surface area contributed by atoms with Gasteiger partial charge in [-0.1, -0.05) is 51.5 Å². The summed E-state index contributed by atoms with van der Waals surface area (Å²) in [6, 6.07) is 6.11. The van der Waals surface area contributed by atoms with E-state index in [-0.39, 0.29) is 44.2 Å². The molecule has 11 heteroatoms. The zero-order valence-electron chi connectivity index (χ0n) is 23.6. The molecule has 40 heavy (non-hydrogen) atoms. The van der Waals surface area contributed by atoms with Crippen LogP contribution in [0, 0.1) is 12.3 Å². The highest BCUT2D eigenvalue weighted by Gasteiger charge is 2.44. The predicted molar refractivity (Wildman–Crippen MR) is 152 cm³/mol. The number of aromatic nitrogens is 1. The molecule has 1 saturated heterocycles. The number of nitrogens with one attached hydrogen (secondary N) is 2. The normalized spacial score (nSPS) is 17.9. The fraction of sp³-hybridized carbons (Fsp3) is 0.552. The summed E-state index contributed by atoms with van der Waals surface area (Å²) < 4.78 is 0. The smallest absolute Gasteiger partial charge is 0.303 e. The molecule has 2 heterocycles. The Kier molecular flexibility index (Phi) is 10.8. The molecule has 3 amide bonds. The number of aliphatic carboxylic acids is 1. The average Bonchev–Trinajstić information content (AvgIpc) is 3.50. The van der Waals surface area contributed by atoms with Crippen LogP contribution in [0.1, 0.15) is 70.6 Å². The van der Waals surface area contributed by atoms with Crippen LogP contribution in [0.5, 0.6) is 0 Å². The van der Waals surface area contributed by atoms with Crippen LogP contribution in [-0.4, -0.2) is 68.5 Å². The number of carboxylic acid groups (broad SMARTS) is 1. The number of likely N-dealkylation sites (tertiary alicyclic amines) is 1. The summed E-state index contributed by atoms with van der Waals surface area (Å²) in [5.74, 6) is -1.94. The summed E-state index contributed by atoms with van der Waals surface area (Å²) in [6.07, 6.45) is 1.12. The van der Waals surface area contributed by atoms with Crippen LogP contribution in [-0.2, 0) is 25.7 Å². The summed E-state index contributed by atoms with van der Waals surface area (Å²) in [6.45, 7) is 7.75. The van der Waals surface area contributed by atoms with E-state index in [0.29, 0.717) is 19.3 Å². The van der Waals surface area contributed by atoms with Crippen LogP contribution < -0.4 is 10.6 Å². The molecule has 0 bridgehead atoms. The molecule has 3 rings (SSSR count). The summed E-state index contributed by atoms with van der Waals surface area (Å²) in [4.78, 5) is 56.9. The Balaban J connectivity index is 1.60. The lowest BCUT2D eigenvalue weighted by molar-refractivity contribution is -0.144. The monoisotopic (exact) mass is 572 g/mol. The van der Waals surface area contributed by atoms with Crippen LogP contribution in [0.15, 0.2) is 29.8 Å². The molecule has 1 aromatic heterocycles. The van der Waals surface area contributed by atoms with E-state index in [9.17, 15) is 24.3 Å². The Bertz CT molecular complexity index is 1190. The van der Waals surface area contributed by atoms with E-state index in [1.165, 1.54) is 4.90 Å². The number of aryl methyl sites for hydroxylation is 1. The van der Waals surface area contributed by atoms with Crippen LogP contribution in [0.2, 0.25) is 0 Å². The van der Waals surface area contributed by atoms with Gasteiger partial charge in [0.05, 0.1) is 22.2 Å². The maximum atomic E-state index is 13.6. The van der Waals surface area contributed by atoms with E-state index in [0.717, 1.165) is 21.7 Å². The maximum Gasteiger partial charge on any atom is 0.303 e. The van der Waals surface area contributed by atoms with Crippen LogP contribution in [0.4, 0.5) is 0 Å². The molecule has 3 atom stereocenters. The van der Waals surface area contributed by atoms with Crippen LogP contribution >= 0.6 is 11.3 Å². The van der Waals surface area contributed by atoms with Gasteiger partial charge in [-0.25, -0.2) is 4.98 Å². The minimum Gasteiger partial charge on any atom is -0.481 e. The number of thiazole rings is 1. The lowest BCUT2D eigenvalue weighted by Crippen LogP contribution is -2.57. The van der Waals surface area contributed by atoms with Gasteiger partial charge in [-0.15, -0.1) is 11.3 Å². The molecule has 0 aliphatic carbocycles. The predicted octanol–water partition coefficient (Wildman–Crippen LogP) is 3.26. The molecule has 3 unspecified atom stereocenters. The number of nitrogens with zero attached hydrogens (tertiary/aromatic N) is 2. The minimum absolute atomic E-state index is 0.0114. The van der Waals surface area contributed by atoms with E-state index in [2.05, 4.69) is 15.6 Å². The second-order valence-electron chi connectivity index (χ2n) is 11.4. The molecule has 0 saturated carbocycles. The molecule has 1 aliphatic heterocycles. The number of hydrogen-bond acceptors (Lipinski definition) is 7. The molecule has 10 nitrogen and oxygen atoms in total. The number of β-amino-alcohol motifs (C(OH)–C–C–N with tert-alkyl or cyclic N) is 1. The van der Waals surface area contributed by atoms with Crippen molar-refractivity contribution in [3.63, 3.8) is 0 Å². The van der Waals surface area contributed by atoms with Crippen molar-refractivity contribution in [3.8, 4) is 10.4 Å².